The zero-order valence-electron chi connectivity index (χ0n) is 15.1. The lowest BCUT2D eigenvalue weighted by atomic mass is 9.97. The van der Waals surface area contributed by atoms with Crippen molar-refractivity contribution in [3.63, 3.8) is 0 Å². The minimum atomic E-state index is -0.850. The van der Waals surface area contributed by atoms with Gasteiger partial charge in [-0.15, -0.1) is 0 Å². The molecule has 1 amide bonds. The number of ether oxygens (including phenoxy) is 1. The van der Waals surface area contributed by atoms with Crippen molar-refractivity contribution in [2.24, 2.45) is 0 Å². The average Bonchev–Trinajstić information content (AvgIpc) is 3.10. The van der Waals surface area contributed by atoms with E-state index in [4.69, 9.17) is 4.74 Å². The average molecular weight is 351 g/mol. The number of aliphatic hydroxyl groups is 1. The number of hydrogen-bond donors (Lipinski definition) is 2. The molecule has 2 heterocycles. The highest BCUT2D eigenvalue weighted by Gasteiger charge is 2.38. The standard InChI is InChI=1S/C17H29N5O3/c1-17(2,22-12-18-11-19-22)16(24)20-13-5-3-4-6-14(15(13)23)21-7-9-25-10-8-21/h11-15,23H,3-10H2,1-2H3,(H,20,24)/t13-,14-,15-/m1/s1. The first-order chi connectivity index (χ1) is 12.0. The molecule has 0 aromatic carbocycles. The summed E-state index contributed by atoms with van der Waals surface area (Å²) in [6, 6.07) is -0.170. The van der Waals surface area contributed by atoms with E-state index < -0.39 is 11.6 Å². The molecule has 3 atom stereocenters. The molecule has 25 heavy (non-hydrogen) atoms. The van der Waals surface area contributed by atoms with Gasteiger partial charge in [0, 0.05) is 19.1 Å². The summed E-state index contributed by atoms with van der Waals surface area (Å²) >= 11 is 0. The van der Waals surface area contributed by atoms with Crippen LogP contribution in [0.15, 0.2) is 12.7 Å². The van der Waals surface area contributed by atoms with Crippen LogP contribution in [0.5, 0.6) is 0 Å². The molecular formula is C17H29N5O3. The van der Waals surface area contributed by atoms with E-state index in [9.17, 15) is 9.90 Å². The van der Waals surface area contributed by atoms with Crippen LogP contribution in [-0.2, 0) is 15.1 Å². The summed E-state index contributed by atoms with van der Waals surface area (Å²) in [6.45, 7) is 6.71. The van der Waals surface area contributed by atoms with E-state index in [2.05, 4.69) is 20.3 Å². The summed E-state index contributed by atoms with van der Waals surface area (Å²) in [5.41, 5.74) is -0.850. The van der Waals surface area contributed by atoms with E-state index in [-0.39, 0.29) is 18.0 Å². The first-order valence-electron chi connectivity index (χ1n) is 9.16. The van der Waals surface area contributed by atoms with E-state index in [0.29, 0.717) is 13.2 Å². The van der Waals surface area contributed by atoms with Crippen molar-refractivity contribution in [3.05, 3.63) is 12.7 Å². The Morgan fingerprint density at radius 1 is 1.28 bits per heavy atom. The molecule has 1 aliphatic heterocycles. The highest BCUT2D eigenvalue weighted by molar-refractivity contribution is 5.83. The molecule has 2 aliphatic rings. The number of rotatable bonds is 4. The smallest absolute Gasteiger partial charge is 0.247 e. The third-order valence-electron chi connectivity index (χ3n) is 5.45. The Kier molecular flexibility index (Phi) is 5.71. The first-order valence-corrected chi connectivity index (χ1v) is 9.16. The maximum atomic E-state index is 12.8. The van der Waals surface area contributed by atoms with Crippen molar-refractivity contribution >= 4 is 5.91 Å². The van der Waals surface area contributed by atoms with Gasteiger partial charge in [-0.25, -0.2) is 9.67 Å². The monoisotopic (exact) mass is 351 g/mol. The molecule has 0 radical (unpaired) electrons. The van der Waals surface area contributed by atoms with Crippen molar-refractivity contribution < 1.29 is 14.6 Å². The maximum absolute atomic E-state index is 12.8. The minimum absolute atomic E-state index is 0.0752. The van der Waals surface area contributed by atoms with Crippen LogP contribution in [0, 0.1) is 0 Å². The molecule has 2 N–H and O–H groups in total. The quantitative estimate of drug-likeness (QED) is 0.750. The predicted molar refractivity (Wildman–Crippen MR) is 91.9 cm³/mol. The van der Waals surface area contributed by atoms with Gasteiger partial charge in [-0.3, -0.25) is 9.69 Å². The zero-order valence-corrected chi connectivity index (χ0v) is 15.1. The van der Waals surface area contributed by atoms with Crippen LogP contribution >= 0.6 is 0 Å². The number of aliphatic hydroxyl groups excluding tert-OH is 1. The lowest BCUT2D eigenvalue weighted by molar-refractivity contribution is -0.131. The van der Waals surface area contributed by atoms with Gasteiger partial charge in [0.05, 0.1) is 25.4 Å². The molecule has 1 aromatic heterocycles. The normalized spacial score (nSPS) is 29.2. The van der Waals surface area contributed by atoms with Crippen LogP contribution in [0.4, 0.5) is 0 Å². The summed E-state index contributed by atoms with van der Waals surface area (Å²) in [6.07, 6.45) is 6.21. The van der Waals surface area contributed by atoms with Crippen LogP contribution in [0.25, 0.3) is 0 Å². The fourth-order valence-electron chi connectivity index (χ4n) is 3.74. The Hall–Kier alpha value is -1.51. The highest BCUT2D eigenvalue weighted by atomic mass is 16.5. The Labute approximate surface area is 148 Å². The van der Waals surface area contributed by atoms with Crippen molar-refractivity contribution in [1.82, 2.24) is 25.0 Å². The Morgan fingerprint density at radius 3 is 2.68 bits per heavy atom. The molecule has 8 nitrogen and oxygen atoms in total. The second-order valence-electron chi connectivity index (χ2n) is 7.47. The lowest BCUT2D eigenvalue weighted by Crippen LogP contribution is -2.58. The Morgan fingerprint density at radius 2 is 2.00 bits per heavy atom. The Bertz CT molecular complexity index is 557. The molecule has 0 unspecified atom stereocenters. The molecule has 3 rings (SSSR count). The van der Waals surface area contributed by atoms with Gasteiger partial charge in [0.15, 0.2) is 0 Å². The van der Waals surface area contributed by atoms with E-state index in [1.165, 1.54) is 6.33 Å². The van der Waals surface area contributed by atoms with Crippen molar-refractivity contribution in [2.45, 2.75) is 63.3 Å². The van der Waals surface area contributed by atoms with Crippen LogP contribution in [0.1, 0.15) is 39.5 Å². The van der Waals surface area contributed by atoms with Crippen LogP contribution < -0.4 is 5.32 Å². The van der Waals surface area contributed by atoms with E-state index in [1.54, 1.807) is 24.9 Å². The summed E-state index contributed by atoms with van der Waals surface area (Å²) in [4.78, 5) is 19.1. The molecule has 2 fully saturated rings. The number of amides is 1. The summed E-state index contributed by atoms with van der Waals surface area (Å²) in [5, 5.41) is 18.1. The maximum Gasteiger partial charge on any atom is 0.247 e. The van der Waals surface area contributed by atoms with Gasteiger partial charge >= 0.3 is 0 Å². The van der Waals surface area contributed by atoms with E-state index >= 15 is 0 Å². The molecule has 0 bridgehead atoms. The largest absolute Gasteiger partial charge is 0.389 e. The second kappa shape index (κ2) is 7.80. The van der Waals surface area contributed by atoms with Gasteiger partial charge in [-0.1, -0.05) is 12.8 Å². The molecule has 8 heteroatoms. The van der Waals surface area contributed by atoms with Crippen LogP contribution in [0.3, 0.4) is 0 Å². The molecule has 1 aromatic rings. The molecule has 1 saturated carbocycles. The number of carbonyl (C=O) groups excluding carboxylic acids is 1. The van der Waals surface area contributed by atoms with Gasteiger partial charge in [-0.2, -0.15) is 5.10 Å². The lowest BCUT2D eigenvalue weighted by Gasteiger charge is -2.39. The molecule has 140 valence electrons. The van der Waals surface area contributed by atoms with Crippen molar-refractivity contribution in [3.8, 4) is 0 Å². The fourth-order valence-corrected chi connectivity index (χ4v) is 3.74. The van der Waals surface area contributed by atoms with Crippen molar-refractivity contribution in [1.29, 1.82) is 0 Å². The fraction of sp³-hybridized carbons (Fsp3) is 0.824. The number of morpholine rings is 1. The minimum Gasteiger partial charge on any atom is -0.389 e. The summed E-state index contributed by atoms with van der Waals surface area (Å²) in [5.74, 6) is -0.148. The molecule has 0 spiro atoms. The van der Waals surface area contributed by atoms with Gasteiger partial charge in [0.25, 0.3) is 0 Å². The third-order valence-corrected chi connectivity index (χ3v) is 5.45. The van der Waals surface area contributed by atoms with E-state index in [0.717, 1.165) is 38.8 Å². The highest BCUT2D eigenvalue weighted by Crippen LogP contribution is 2.25. The summed E-state index contributed by atoms with van der Waals surface area (Å²) in [7, 11) is 0. The van der Waals surface area contributed by atoms with Crippen molar-refractivity contribution in [2.75, 3.05) is 26.3 Å². The predicted octanol–water partition coefficient (Wildman–Crippen LogP) is 0.134. The first kappa shape index (κ1) is 18.3. The summed E-state index contributed by atoms with van der Waals surface area (Å²) < 4.78 is 6.97. The van der Waals surface area contributed by atoms with Gasteiger partial charge < -0.3 is 15.2 Å². The zero-order chi connectivity index (χ0) is 17.9. The molecule has 1 saturated heterocycles. The number of nitrogens with one attached hydrogen (secondary N) is 1. The van der Waals surface area contributed by atoms with E-state index in [1.807, 2.05) is 0 Å². The van der Waals surface area contributed by atoms with Gasteiger partial charge in [0.1, 0.15) is 18.2 Å². The molecule has 1 aliphatic carbocycles. The number of hydrogen-bond acceptors (Lipinski definition) is 6. The van der Waals surface area contributed by atoms with Gasteiger partial charge in [0.2, 0.25) is 5.91 Å². The van der Waals surface area contributed by atoms with Crippen LogP contribution in [0.2, 0.25) is 0 Å². The SMILES string of the molecule is CC(C)(C(=O)N[C@@H]1CCCC[C@@H](N2CCOCC2)[C@@H]1O)n1cncn1. The third kappa shape index (κ3) is 4.02. The second-order valence-corrected chi connectivity index (χ2v) is 7.47. The molecular weight excluding hydrogens is 322 g/mol. The topological polar surface area (TPSA) is 92.5 Å². The number of nitrogens with zero attached hydrogens (tertiary/aromatic N) is 4. The van der Waals surface area contributed by atoms with Gasteiger partial charge in [-0.05, 0) is 26.7 Å². The Balaban J connectivity index is 1.68. The number of aromatic nitrogens is 3. The van der Waals surface area contributed by atoms with Crippen LogP contribution in [-0.4, -0.2) is 75.2 Å². The number of carbonyl (C=O) groups is 1.